The summed E-state index contributed by atoms with van der Waals surface area (Å²) < 4.78 is 67.8. The summed E-state index contributed by atoms with van der Waals surface area (Å²) in [7, 11) is -4.46. The van der Waals surface area contributed by atoms with Crippen LogP contribution in [0, 0.1) is 17.5 Å². The fourth-order valence-electron chi connectivity index (χ4n) is 2.57. The number of aromatic nitrogens is 1. The van der Waals surface area contributed by atoms with Crippen LogP contribution in [0.5, 0.6) is 0 Å². The van der Waals surface area contributed by atoms with Crippen molar-refractivity contribution in [1.82, 2.24) is 10.3 Å². The Morgan fingerprint density at radius 2 is 1.66 bits per heavy atom. The maximum absolute atomic E-state index is 14.4. The summed E-state index contributed by atoms with van der Waals surface area (Å²) in [5, 5.41) is 2.51. The van der Waals surface area contributed by atoms with Gasteiger partial charge in [-0.05, 0) is 42.5 Å². The van der Waals surface area contributed by atoms with Crippen LogP contribution >= 0.6 is 11.6 Å². The number of carbonyl (C=O) groups excluding carboxylic acids is 1. The van der Waals surface area contributed by atoms with Crippen LogP contribution in [0.2, 0.25) is 5.02 Å². The Morgan fingerprint density at radius 3 is 2.31 bits per heavy atom. The van der Waals surface area contributed by atoms with Gasteiger partial charge in [0.25, 0.3) is 5.91 Å². The maximum atomic E-state index is 14.4. The van der Waals surface area contributed by atoms with Crippen LogP contribution in [0.1, 0.15) is 15.9 Å². The first-order chi connectivity index (χ1) is 13.7. The monoisotopic (exact) mass is 440 g/mol. The van der Waals surface area contributed by atoms with Gasteiger partial charge in [-0.1, -0.05) is 11.6 Å². The number of carbonyl (C=O) groups is 1. The molecule has 0 unspecified atom stereocenters. The summed E-state index contributed by atoms with van der Waals surface area (Å²) in [6, 6.07) is 7.23. The summed E-state index contributed by atoms with van der Waals surface area (Å²) in [5.74, 6) is -3.81. The molecule has 1 amide bonds. The first kappa shape index (κ1) is 20.8. The summed E-state index contributed by atoms with van der Waals surface area (Å²) in [6.07, 6.45) is 1.96. The molecule has 1 N–H and O–H groups in total. The number of nitrogens with zero attached hydrogens (tertiary/aromatic N) is 1. The number of pyridine rings is 1. The van der Waals surface area contributed by atoms with E-state index in [-0.39, 0.29) is 15.5 Å². The second-order valence-corrected chi connectivity index (χ2v) is 8.19. The molecule has 0 aliphatic carbocycles. The number of hydrogen-bond donors (Lipinski definition) is 1. The van der Waals surface area contributed by atoms with Crippen molar-refractivity contribution in [3.63, 3.8) is 0 Å². The van der Waals surface area contributed by atoms with Gasteiger partial charge in [0, 0.05) is 23.3 Å². The van der Waals surface area contributed by atoms with E-state index < -0.39 is 50.2 Å². The zero-order valence-corrected chi connectivity index (χ0v) is 16.1. The van der Waals surface area contributed by atoms with Crippen molar-refractivity contribution < 1.29 is 26.4 Å². The lowest BCUT2D eigenvalue weighted by molar-refractivity contribution is 0.0949. The fourth-order valence-corrected chi connectivity index (χ4v) is 4.24. The molecule has 0 atom stereocenters. The van der Waals surface area contributed by atoms with Crippen LogP contribution in [-0.4, -0.2) is 19.3 Å². The Hall–Kier alpha value is -2.91. The second-order valence-electron chi connectivity index (χ2n) is 5.87. The number of sulfone groups is 1. The molecule has 3 aromatic rings. The number of rotatable bonds is 5. The highest BCUT2D eigenvalue weighted by Crippen LogP contribution is 2.29. The van der Waals surface area contributed by atoms with E-state index in [0.717, 1.165) is 36.7 Å². The average molecular weight is 441 g/mol. The quantitative estimate of drug-likeness (QED) is 0.652. The Labute approximate surface area is 169 Å². The van der Waals surface area contributed by atoms with E-state index in [1.807, 2.05) is 0 Å². The molecule has 1 aromatic heterocycles. The van der Waals surface area contributed by atoms with Gasteiger partial charge in [0.2, 0.25) is 9.84 Å². The van der Waals surface area contributed by atoms with E-state index >= 15 is 0 Å². The minimum Gasteiger partial charge on any atom is -0.348 e. The van der Waals surface area contributed by atoms with Crippen molar-refractivity contribution in [3.8, 4) is 0 Å². The molecule has 10 heteroatoms. The van der Waals surface area contributed by atoms with Gasteiger partial charge in [-0.25, -0.2) is 21.6 Å². The highest BCUT2D eigenvalue weighted by Gasteiger charge is 2.28. The van der Waals surface area contributed by atoms with Crippen LogP contribution in [0.15, 0.2) is 64.6 Å². The molecule has 1 heterocycles. The highest BCUT2D eigenvalue weighted by atomic mass is 35.5. The fraction of sp³-hybridized carbons (Fsp3) is 0.0526. The SMILES string of the molecule is O=C(NCc1c(F)ccc(F)c1S(=O)(=O)c1ccc(Cl)cc1)c1cncc(F)c1. The van der Waals surface area contributed by atoms with Gasteiger partial charge < -0.3 is 5.32 Å². The third kappa shape index (κ3) is 4.41. The summed E-state index contributed by atoms with van der Waals surface area (Å²) >= 11 is 5.74. The van der Waals surface area contributed by atoms with Gasteiger partial charge in [0.1, 0.15) is 22.3 Å². The van der Waals surface area contributed by atoms with Gasteiger partial charge in [0.05, 0.1) is 16.7 Å². The van der Waals surface area contributed by atoms with E-state index in [4.69, 9.17) is 11.6 Å². The molecule has 0 bridgehead atoms. The van der Waals surface area contributed by atoms with Crippen molar-refractivity contribution in [2.75, 3.05) is 0 Å². The van der Waals surface area contributed by atoms with Crippen LogP contribution in [-0.2, 0) is 16.4 Å². The Morgan fingerprint density at radius 1 is 1.00 bits per heavy atom. The number of hydrogen-bond acceptors (Lipinski definition) is 4. The molecule has 0 saturated carbocycles. The van der Waals surface area contributed by atoms with E-state index in [9.17, 15) is 26.4 Å². The first-order valence-corrected chi connectivity index (χ1v) is 9.92. The molecule has 0 saturated heterocycles. The smallest absolute Gasteiger partial charge is 0.253 e. The average Bonchev–Trinajstić information content (AvgIpc) is 2.68. The third-order valence-corrected chi connectivity index (χ3v) is 6.06. The van der Waals surface area contributed by atoms with Crippen molar-refractivity contribution in [1.29, 1.82) is 0 Å². The van der Waals surface area contributed by atoms with Crippen LogP contribution < -0.4 is 5.32 Å². The first-order valence-electron chi connectivity index (χ1n) is 8.06. The zero-order chi connectivity index (χ0) is 21.2. The van der Waals surface area contributed by atoms with Gasteiger partial charge in [-0.3, -0.25) is 9.78 Å². The van der Waals surface area contributed by atoms with E-state index in [0.29, 0.717) is 6.07 Å². The topological polar surface area (TPSA) is 76.1 Å². The van der Waals surface area contributed by atoms with E-state index in [2.05, 4.69) is 10.3 Å². The predicted molar refractivity (Wildman–Crippen MR) is 98.6 cm³/mol. The molecule has 2 aromatic carbocycles. The van der Waals surface area contributed by atoms with Crippen LogP contribution in [0.25, 0.3) is 0 Å². The lowest BCUT2D eigenvalue weighted by atomic mass is 10.2. The van der Waals surface area contributed by atoms with Crippen LogP contribution in [0.4, 0.5) is 13.2 Å². The van der Waals surface area contributed by atoms with Crippen molar-refractivity contribution in [3.05, 3.63) is 88.5 Å². The molecule has 150 valence electrons. The zero-order valence-electron chi connectivity index (χ0n) is 14.5. The normalized spacial score (nSPS) is 11.3. The van der Waals surface area contributed by atoms with E-state index in [1.54, 1.807) is 0 Å². The van der Waals surface area contributed by atoms with Crippen molar-refractivity contribution in [2.45, 2.75) is 16.3 Å². The molecule has 0 fully saturated rings. The molecule has 29 heavy (non-hydrogen) atoms. The summed E-state index contributed by atoms with van der Waals surface area (Å²) in [6.45, 7) is -0.652. The molecule has 0 aliphatic rings. The number of benzene rings is 2. The molecular formula is C19H12ClF3N2O3S. The van der Waals surface area contributed by atoms with Crippen molar-refractivity contribution in [2.24, 2.45) is 0 Å². The number of halogens is 4. The largest absolute Gasteiger partial charge is 0.348 e. The molecular weight excluding hydrogens is 429 g/mol. The maximum Gasteiger partial charge on any atom is 0.253 e. The molecule has 0 aliphatic heterocycles. The minimum absolute atomic E-state index is 0.163. The number of amides is 1. The molecule has 0 radical (unpaired) electrons. The Bertz CT molecular complexity index is 1190. The Kier molecular flexibility index (Phi) is 5.90. The van der Waals surface area contributed by atoms with Crippen LogP contribution in [0.3, 0.4) is 0 Å². The van der Waals surface area contributed by atoms with Gasteiger partial charge >= 0.3 is 0 Å². The predicted octanol–water partition coefficient (Wildman–Crippen LogP) is 3.92. The lowest BCUT2D eigenvalue weighted by Crippen LogP contribution is -2.25. The van der Waals surface area contributed by atoms with Gasteiger partial charge in [-0.2, -0.15) is 0 Å². The summed E-state index contributed by atoms with van der Waals surface area (Å²) in [4.78, 5) is 14.5. The molecule has 3 rings (SSSR count). The molecule has 5 nitrogen and oxygen atoms in total. The highest BCUT2D eigenvalue weighted by molar-refractivity contribution is 7.91. The van der Waals surface area contributed by atoms with Gasteiger partial charge in [-0.15, -0.1) is 0 Å². The molecule has 0 spiro atoms. The standard InChI is InChI=1S/C19H12ClF3N2O3S/c20-12-1-3-14(4-2-12)29(27,28)18-15(16(22)5-6-17(18)23)10-25-19(26)11-7-13(21)9-24-8-11/h1-9H,10H2,(H,25,26). The third-order valence-electron chi connectivity index (χ3n) is 3.94. The van der Waals surface area contributed by atoms with Gasteiger partial charge in [0.15, 0.2) is 0 Å². The lowest BCUT2D eigenvalue weighted by Gasteiger charge is -2.14. The number of nitrogens with one attached hydrogen (secondary N) is 1. The van der Waals surface area contributed by atoms with Crippen molar-refractivity contribution >= 4 is 27.3 Å². The second kappa shape index (κ2) is 8.22. The van der Waals surface area contributed by atoms with E-state index in [1.165, 1.54) is 12.1 Å². The Balaban J connectivity index is 1.99. The minimum atomic E-state index is -4.46. The summed E-state index contributed by atoms with van der Waals surface area (Å²) in [5.41, 5.74) is -0.735.